The van der Waals surface area contributed by atoms with Gasteiger partial charge in [0.2, 0.25) is 0 Å². The molecule has 0 aliphatic carbocycles. The molecule has 0 fully saturated rings. The average molecular weight is 205 g/mol. The summed E-state index contributed by atoms with van der Waals surface area (Å²) in [6.07, 6.45) is 19.5. The molecule has 0 nitrogen and oxygen atoms in total. The maximum Gasteiger partial charge on any atom is -0.0348 e. The van der Waals surface area contributed by atoms with Crippen LogP contribution in [0.5, 0.6) is 0 Å². The van der Waals surface area contributed by atoms with Gasteiger partial charge in [-0.25, -0.2) is 0 Å². The van der Waals surface area contributed by atoms with Crippen LogP contribution in [-0.4, -0.2) is 0 Å². The number of unbranched alkanes of at least 4 members (excludes halogenated alkanes) is 7. The maximum atomic E-state index is 5.30. The molecule has 0 N–H and O–H groups in total. The first-order valence-corrected chi connectivity index (χ1v) is 6.21. The quantitative estimate of drug-likeness (QED) is 0.320. The molecule has 0 unspecified atom stereocenters. The lowest BCUT2D eigenvalue weighted by Gasteiger charge is -1.95. The fourth-order valence-corrected chi connectivity index (χ4v) is 1.49. The number of rotatable bonds is 11. The largest absolute Gasteiger partial charge is 0.103 e. The first-order valence-electron chi connectivity index (χ1n) is 6.21. The van der Waals surface area contributed by atoms with Crippen molar-refractivity contribution in [3.05, 3.63) is 37.5 Å². The van der Waals surface area contributed by atoms with Crippen LogP contribution in [0.4, 0.5) is 0 Å². The van der Waals surface area contributed by atoms with E-state index in [1.165, 1.54) is 44.9 Å². The van der Waals surface area contributed by atoms with Gasteiger partial charge in [-0.3, -0.25) is 0 Å². The molecule has 0 rings (SSSR count). The van der Waals surface area contributed by atoms with Crippen molar-refractivity contribution >= 4 is 0 Å². The van der Waals surface area contributed by atoms with Gasteiger partial charge in [-0.15, -0.1) is 6.58 Å². The van der Waals surface area contributed by atoms with Crippen molar-refractivity contribution in [1.29, 1.82) is 0 Å². The Hall–Kier alpha value is -0.780. The van der Waals surface area contributed by atoms with E-state index < -0.39 is 0 Å². The molecular weight excluding hydrogens is 180 g/mol. The van der Waals surface area contributed by atoms with Crippen molar-refractivity contribution in [2.75, 3.05) is 0 Å². The molecule has 0 amide bonds. The predicted molar refractivity (Wildman–Crippen MR) is 69.8 cm³/mol. The van der Waals surface area contributed by atoms with E-state index in [1.807, 2.05) is 6.08 Å². The van der Waals surface area contributed by atoms with Crippen molar-refractivity contribution in [3.8, 4) is 0 Å². The molecule has 0 aromatic rings. The third-order valence-electron chi connectivity index (χ3n) is 2.44. The standard InChI is InChI=1S/C15H25/c1-3-5-7-9-11-13-15-14-12-10-8-6-4-2/h1,3-4,14-15H,2,5-13H2. The molecule has 0 aliphatic heterocycles. The van der Waals surface area contributed by atoms with Gasteiger partial charge in [0.25, 0.3) is 0 Å². The first-order chi connectivity index (χ1) is 7.41. The highest BCUT2D eigenvalue weighted by molar-refractivity contribution is 4.81. The van der Waals surface area contributed by atoms with Crippen LogP contribution in [0.1, 0.15) is 57.8 Å². The van der Waals surface area contributed by atoms with E-state index in [2.05, 4.69) is 18.7 Å². The second-order valence-electron chi connectivity index (χ2n) is 3.92. The normalized spacial score (nSPS) is 10.7. The first kappa shape index (κ1) is 14.2. The van der Waals surface area contributed by atoms with Crippen molar-refractivity contribution < 1.29 is 0 Å². The van der Waals surface area contributed by atoms with E-state index in [1.54, 1.807) is 6.08 Å². The zero-order valence-corrected chi connectivity index (χ0v) is 9.96. The average Bonchev–Trinajstić information content (AvgIpc) is 2.26. The Bertz CT molecular complexity index is 165. The molecule has 0 bridgehead atoms. The van der Waals surface area contributed by atoms with Crippen LogP contribution in [-0.2, 0) is 0 Å². The van der Waals surface area contributed by atoms with Gasteiger partial charge in [-0.05, 0) is 51.4 Å². The predicted octanol–water partition coefficient (Wildman–Crippen LogP) is 5.23. The molecule has 0 heteroatoms. The molecule has 0 saturated heterocycles. The molecule has 85 valence electrons. The van der Waals surface area contributed by atoms with Gasteiger partial charge in [0.1, 0.15) is 0 Å². The van der Waals surface area contributed by atoms with Crippen LogP contribution in [0.2, 0.25) is 0 Å². The van der Waals surface area contributed by atoms with Crippen LogP contribution in [0.3, 0.4) is 0 Å². The summed E-state index contributed by atoms with van der Waals surface area (Å²) in [4.78, 5) is 0. The lowest BCUT2D eigenvalue weighted by molar-refractivity contribution is 0.693. The van der Waals surface area contributed by atoms with E-state index in [0.717, 1.165) is 12.8 Å². The van der Waals surface area contributed by atoms with Gasteiger partial charge in [-0.1, -0.05) is 37.3 Å². The molecule has 0 aromatic carbocycles. The van der Waals surface area contributed by atoms with Gasteiger partial charge < -0.3 is 0 Å². The molecule has 0 spiro atoms. The molecule has 0 atom stereocenters. The maximum absolute atomic E-state index is 5.30. The van der Waals surface area contributed by atoms with Crippen LogP contribution < -0.4 is 0 Å². The number of allylic oxidation sites excluding steroid dienone is 4. The second-order valence-corrected chi connectivity index (χ2v) is 3.92. The topological polar surface area (TPSA) is 0 Å². The molecule has 0 heterocycles. The third kappa shape index (κ3) is 13.2. The SMILES string of the molecule is [CH]=CCCCCCC=CCCCCC=C. The van der Waals surface area contributed by atoms with Crippen molar-refractivity contribution in [1.82, 2.24) is 0 Å². The zero-order chi connectivity index (χ0) is 11.2. The van der Waals surface area contributed by atoms with Gasteiger partial charge in [0.15, 0.2) is 0 Å². The Morgan fingerprint density at radius 2 is 1.27 bits per heavy atom. The van der Waals surface area contributed by atoms with Crippen molar-refractivity contribution in [3.63, 3.8) is 0 Å². The minimum Gasteiger partial charge on any atom is -0.103 e. The summed E-state index contributed by atoms with van der Waals surface area (Å²) in [6, 6.07) is 0. The summed E-state index contributed by atoms with van der Waals surface area (Å²) < 4.78 is 0. The van der Waals surface area contributed by atoms with Crippen molar-refractivity contribution in [2.45, 2.75) is 57.8 Å². The van der Waals surface area contributed by atoms with E-state index in [4.69, 9.17) is 6.58 Å². The summed E-state index contributed by atoms with van der Waals surface area (Å²) in [5, 5.41) is 0. The van der Waals surface area contributed by atoms with Crippen LogP contribution >= 0.6 is 0 Å². The summed E-state index contributed by atoms with van der Waals surface area (Å²) in [6.45, 7) is 9.02. The summed E-state index contributed by atoms with van der Waals surface area (Å²) in [7, 11) is 0. The minimum absolute atomic E-state index is 1.06. The van der Waals surface area contributed by atoms with E-state index in [-0.39, 0.29) is 0 Å². The summed E-state index contributed by atoms with van der Waals surface area (Å²) >= 11 is 0. The van der Waals surface area contributed by atoms with E-state index in [0.29, 0.717) is 0 Å². The minimum atomic E-state index is 1.06. The lowest BCUT2D eigenvalue weighted by atomic mass is 10.1. The fraction of sp³-hybridized carbons (Fsp3) is 0.600. The Balaban J connectivity index is 3.03. The highest BCUT2D eigenvalue weighted by atomic mass is 13.9. The molecule has 0 aromatic heterocycles. The highest BCUT2D eigenvalue weighted by Gasteiger charge is 1.86. The van der Waals surface area contributed by atoms with Crippen LogP contribution in [0.15, 0.2) is 30.9 Å². The molecular formula is C15H25. The highest BCUT2D eigenvalue weighted by Crippen LogP contribution is 2.05. The van der Waals surface area contributed by atoms with E-state index >= 15 is 0 Å². The molecule has 1 radical (unpaired) electrons. The Kier molecular flexibility index (Phi) is 12.5. The number of hydrogen-bond acceptors (Lipinski definition) is 0. The summed E-state index contributed by atoms with van der Waals surface area (Å²) in [5.41, 5.74) is 0. The monoisotopic (exact) mass is 205 g/mol. The van der Waals surface area contributed by atoms with Gasteiger partial charge >= 0.3 is 0 Å². The van der Waals surface area contributed by atoms with E-state index in [9.17, 15) is 0 Å². The second kappa shape index (κ2) is 13.2. The Morgan fingerprint density at radius 1 is 0.733 bits per heavy atom. The molecule has 15 heavy (non-hydrogen) atoms. The van der Waals surface area contributed by atoms with Crippen LogP contribution in [0.25, 0.3) is 0 Å². The smallest absolute Gasteiger partial charge is 0.0348 e. The number of hydrogen-bond donors (Lipinski definition) is 0. The lowest BCUT2D eigenvalue weighted by Crippen LogP contribution is -1.75. The van der Waals surface area contributed by atoms with Gasteiger partial charge in [-0.2, -0.15) is 0 Å². The molecule has 0 aliphatic rings. The Labute approximate surface area is 95.8 Å². The Morgan fingerprint density at radius 3 is 1.87 bits per heavy atom. The summed E-state index contributed by atoms with van der Waals surface area (Å²) in [5.74, 6) is 0. The molecule has 0 saturated carbocycles. The van der Waals surface area contributed by atoms with Crippen molar-refractivity contribution in [2.24, 2.45) is 0 Å². The van der Waals surface area contributed by atoms with Gasteiger partial charge in [0.05, 0.1) is 0 Å². The zero-order valence-electron chi connectivity index (χ0n) is 9.96. The third-order valence-corrected chi connectivity index (χ3v) is 2.44. The fourth-order valence-electron chi connectivity index (χ4n) is 1.49. The van der Waals surface area contributed by atoms with Gasteiger partial charge in [0, 0.05) is 0 Å². The van der Waals surface area contributed by atoms with Crippen LogP contribution in [0, 0.1) is 6.58 Å².